The van der Waals surface area contributed by atoms with Gasteiger partial charge in [-0.15, -0.1) is 13.2 Å². The Morgan fingerprint density at radius 1 is 1.08 bits per heavy atom. The van der Waals surface area contributed by atoms with Gasteiger partial charge in [0.25, 0.3) is 0 Å². The van der Waals surface area contributed by atoms with Gasteiger partial charge in [0.15, 0.2) is 0 Å². The summed E-state index contributed by atoms with van der Waals surface area (Å²) in [6.45, 7) is 0.206. The molecule has 0 saturated heterocycles. The summed E-state index contributed by atoms with van der Waals surface area (Å²) in [5, 5.41) is 14.5. The quantitative estimate of drug-likeness (QED) is 0.701. The van der Waals surface area contributed by atoms with Crippen molar-refractivity contribution >= 4 is 10.9 Å². The number of fused-ring (bicyclic) bond motifs is 1. The number of rotatable bonds is 6. The highest BCUT2D eigenvalue weighted by atomic mass is 19.4. The molecule has 0 bridgehead atoms. The highest BCUT2D eigenvalue weighted by Crippen LogP contribution is 2.35. The monoisotopic (exact) mass is 364 g/mol. The average Bonchev–Trinajstić information content (AvgIpc) is 3.00. The van der Waals surface area contributed by atoms with Crippen molar-refractivity contribution in [1.82, 2.24) is 9.88 Å². The van der Waals surface area contributed by atoms with Crippen LogP contribution < -0.4 is 10.1 Å². The van der Waals surface area contributed by atoms with E-state index in [1.54, 1.807) is 29.9 Å². The third-order valence-electron chi connectivity index (χ3n) is 4.17. The fraction of sp³-hybridized carbons (Fsp3) is 0.263. The topological polar surface area (TPSA) is 46.4 Å². The molecular weight excluding hydrogens is 345 g/mol. The van der Waals surface area contributed by atoms with Crippen LogP contribution in [0.4, 0.5) is 13.2 Å². The number of nitrogens with zero attached hydrogens (tertiary/aromatic N) is 1. The van der Waals surface area contributed by atoms with Crippen molar-refractivity contribution in [2.45, 2.75) is 18.5 Å². The summed E-state index contributed by atoms with van der Waals surface area (Å²) in [4.78, 5) is 0. The van der Waals surface area contributed by atoms with E-state index in [4.69, 9.17) is 0 Å². The molecule has 2 unspecified atom stereocenters. The predicted octanol–water partition coefficient (Wildman–Crippen LogP) is 3.71. The van der Waals surface area contributed by atoms with Crippen molar-refractivity contribution in [3.63, 3.8) is 0 Å². The molecule has 138 valence electrons. The van der Waals surface area contributed by atoms with Crippen LogP contribution in [-0.2, 0) is 0 Å². The molecular formula is C19H19F3N2O2. The van der Waals surface area contributed by atoms with Crippen LogP contribution in [0.25, 0.3) is 10.9 Å². The van der Waals surface area contributed by atoms with Gasteiger partial charge in [-0.3, -0.25) is 0 Å². The second kappa shape index (κ2) is 7.39. The fourth-order valence-corrected chi connectivity index (χ4v) is 3.15. The molecule has 1 heterocycles. The zero-order valence-corrected chi connectivity index (χ0v) is 14.1. The number of aliphatic hydroxyl groups excluding tert-OH is 1. The van der Waals surface area contributed by atoms with Crippen LogP contribution >= 0.6 is 0 Å². The molecule has 2 aromatic carbocycles. The van der Waals surface area contributed by atoms with E-state index in [1.165, 1.54) is 12.1 Å². The lowest BCUT2D eigenvalue weighted by Gasteiger charge is -2.28. The molecule has 2 atom stereocenters. The van der Waals surface area contributed by atoms with Gasteiger partial charge in [-0.2, -0.15) is 0 Å². The zero-order valence-electron chi connectivity index (χ0n) is 14.1. The van der Waals surface area contributed by atoms with Crippen LogP contribution in [0.3, 0.4) is 0 Å². The number of hydrogen-bond donors (Lipinski definition) is 2. The highest BCUT2D eigenvalue weighted by Gasteiger charge is 2.34. The first-order valence-corrected chi connectivity index (χ1v) is 8.13. The summed E-state index contributed by atoms with van der Waals surface area (Å²) in [6, 6.07) is 14.5. The fourth-order valence-electron chi connectivity index (χ4n) is 3.15. The van der Waals surface area contributed by atoms with Gasteiger partial charge in [0.05, 0.1) is 12.1 Å². The first kappa shape index (κ1) is 18.3. The number of benzene rings is 2. The Bertz CT molecular complexity index is 876. The van der Waals surface area contributed by atoms with E-state index in [9.17, 15) is 18.3 Å². The Labute approximate surface area is 148 Å². The number of ether oxygens (including phenoxy) is 1. The molecule has 3 aromatic rings. The van der Waals surface area contributed by atoms with Gasteiger partial charge < -0.3 is 19.7 Å². The van der Waals surface area contributed by atoms with Gasteiger partial charge in [0, 0.05) is 23.8 Å². The number of halogens is 3. The van der Waals surface area contributed by atoms with Crippen LogP contribution in [0.1, 0.15) is 11.6 Å². The third-order valence-corrected chi connectivity index (χ3v) is 4.17. The van der Waals surface area contributed by atoms with E-state index in [-0.39, 0.29) is 17.9 Å². The second-order valence-corrected chi connectivity index (χ2v) is 5.94. The minimum absolute atomic E-state index is 0.206. The van der Waals surface area contributed by atoms with Crippen molar-refractivity contribution in [3.05, 3.63) is 66.4 Å². The van der Waals surface area contributed by atoms with Gasteiger partial charge >= 0.3 is 6.36 Å². The van der Waals surface area contributed by atoms with E-state index in [0.29, 0.717) is 0 Å². The smallest absolute Gasteiger partial charge is 0.405 e. The molecule has 0 aliphatic heterocycles. The predicted molar refractivity (Wildman–Crippen MR) is 93.1 cm³/mol. The van der Waals surface area contributed by atoms with E-state index in [1.807, 2.05) is 30.3 Å². The Morgan fingerprint density at radius 2 is 1.77 bits per heavy atom. The Balaban J connectivity index is 2.14. The molecule has 0 aliphatic carbocycles. The molecule has 26 heavy (non-hydrogen) atoms. The van der Waals surface area contributed by atoms with E-state index >= 15 is 0 Å². The number of para-hydroxylation sites is 2. The molecule has 2 N–H and O–H groups in total. The van der Waals surface area contributed by atoms with Crippen molar-refractivity contribution in [3.8, 4) is 5.75 Å². The molecule has 1 aromatic heterocycles. The van der Waals surface area contributed by atoms with Crippen molar-refractivity contribution in [2.75, 3.05) is 13.6 Å². The van der Waals surface area contributed by atoms with Crippen LogP contribution in [0, 0.1) is 0 Å². The maximum absolute atomic E-state index is 12.8. The van der Waals surface area contributed by atoms with Crippen LogP contribution in [0.2, 0.25) is 0 Å². The lowest BCUT2D eigenvalue weighted by Crippen LogP contribution is -2.34. The number of aromatic nitrogens is 1. The summed E-state index contributed by atoms with van der Waals surface area (Å²) in [5.74, 6) is -0.321. The number of nitrogens with one attached hydrogen (secondary N) is 1. The molecule has 7 heteroatoms. The number of aliphatic hydroxyl groups is 1. The van der Waals surface area contributed by atoms with Gasteiger partial charge in [-0.05, 0) is 30.6 Å². The van der Waals surface area contributed by atoms with E-state index in [0.717, 1.165) is 10.9 Å². The minimum atomic E-state index is -4.81. The summed E-state index contributed by atoms with van der Waals surface area (Å²) >= 11 is 0. The van der Waals surface area contributed by atoms with Crippen LogP contribution in [-0.4, -0.2) is 35.7 Å². The minimum Gasteiger partial charge on any atom is -0.405 e. The van der Waals surface area contributed by atoms with Crippen LogP contribution in [0.15, 0.2) is 60.8 Å². The summed E-state index contributed by atoms with van der Waals surface area (Å²) in [5.41, 5.74) is 1.07. The highest BCUT2D eigenvalue weighted by molar-refractivity contribution is 5.80. The maximum atomic E-state index is 12.8. The normalized spacial score (nSPS) is 14.3. The molecule has 0 amide bonds. The standard InChI is InChI=1S/C19H19F3N2O2/c1-23-12-16(25)18(24-11-10-13-6-2-4-8-15(13)24)14-7-3-5-9-17(14)26-19(20,21)22/h2-11,16,18,23,25H,12H2,1H3. The van der Waals surface area contributed by atoms with Crippen molar-refractivity contribution in [2.24, 2.45) is 0 Å². The number of hydrogen-bond acceptors (Lipinski definition) is 3. The lowest BCUT2D eigenvalue weighted by molar-refractivity contribution is -0.275. The Hall–Kier alpha value is -2.51. The Kier molecular flexibility index (Phi) is 5.20. The molecule has 0 radical (unpaired) electrons. The molecule has 4 nitrogen and oxygen atoms in total. The average molecular weight is 364 g/mol. The molecule has 0 aliphatic rings. The van der Waals surface area contributed by atoms with Gasteiger partial charge in [-0.25, -0.2) is 0 Å². The van der Waals surface area contributed by atoms with E-state index in [2.05, 4.69) is 10.1 Å². The first-order chi connectivity index (χ1) is 12.4. The summed E-state index contributed by atoms with van der Waals surface area (Å²) < 4.78 is 44.5. The number of likely N-dealkylation sites (N-methyl/N-ethyl adjacent to an activating group) is 1. The van der Waals surface area contributed by atoms with Gasteiger partial charge in [-0.1, -0.05) is 36.4 Å². The zero-order chi connectivity index (χ0) is 18.7. The summed E-state index contributed by atoms with van der Waals surface area (Å²) in [6.07, 6.45) is -4.01. The molecule has 0 fully saturated rings. The molecule has 3 rings (SSSR count). The second-order valence-electron chi connectivity index (χ2n) is 5.94. The number of alkyl halides is 3. The Morgan fingerprint density at radius 3 is 2.50 bits per heavy atom. The van der Waals surface area contributed by atoms with Gasteiger partial charge in [0.2, 0.25) is 0 Å². The molecule has 0 spiro atoms. The largest absolute Gasteiger partial charge is 0.573 e. The third kappa shape index (κ3) is 3.84. The molecule has 0 saturated carbocycles. The van der Waals surface area contributed by atoms with E-state index < -0.39 is 18.5 Å². The maximum Gasteiger partial charge on any atom is 0.573 e. The van der Waals surface area contributed by atoms with Crippen LogP contribution in [0.5, 0.6) is 5.75 Å². The first-order valence-electron chi connectivity index (χ1n) is 8.13. The SMILES string of the molecule is CNCC(O)C(c1ccccc1OC(F)(F)F)n1ccc2ccccc21. The summed E-state index contributed by atoms with van der Waals surface area (Å²) in [7, 11) is 1.67. The van der Waals surface area contributed by atoms with Crippen molar-refractivity contribution in [1.29, 1.82) is 0 Å². The van der Waals surface area contributed by atoms with Crippen molar-refractivity contribution < 1.29 is 23.0 Å². The lowest BCUT2D eigenvalue weighted by atomic mass is 9.99. The van der Waals surface area contributed by atoms with Gasteiger partial charge in [0.1, 0.15) is 5.75 Å².